The first-order valence-corrected chi connectivity index (χ1v) is 7.61. The summed E-state index contributed by atoms with van der Waals surface area (Å²) in [6.45, 7) is 0.800. The molecule has 1 saturated heterocycles. The Bertz CT molecular complexity index is 590. The number of carbonyl (C=O) groups excluding carboxylic acids is 1. The number of fused-ring (bicyclic) bond motifs is 1. The number of hydrogen-bond donors (Lipinski definition) is 1. The number of imidazole rings is 1. The zero-order valence-corrected chi connectivity index (χ0v) is 12.1. The van der Waals surface area contributed by atoms with E-state index in [0.717, 1.165) is 43.6 Å². The summed E-state index contributed by atoms with van der Waals surface area (Å²) in [5.41, 5.74) is 1.64. The molecule has 1 atom stereocenters. The molecule has 2 aromatic rings. The minimum atomic E-state index is -0.0305. The van der Waals surface area contributed by atoms with Crippen molar-refractivity contribution >= 4 is 11.6 Å². The molecule has 1 fully saturated rings. The predicted octanol–water partition coefficient (Wildman–Crippen LogP) is 1.64. The third-order valence-electron chi connectivity index (χ3n) is 4.15. The lowest BCUT2D eigenvalue weighted by atomic mass is 10.1. The van der Waals surface area contributed by atoms with E-state index in [0.29, 0.717) is 6.42 Å². The van der Waals surface area contributed by atoms with Gasteiger partial charge in [0.05, 0.1) is 24.8 Å². The van der Waals surface area contributed by atoms with Crippen molar-refractivity contribution in [2.24, 2.45) is 0 Å². The molecule has 0 radical (unpaired) electrons. The predicted molar refractivity (Wildman–Crippen MR) is 80.0 cm³/mol. The highest BCUT2D eigenvalue weighted by atomic mass is 16.3. The maximum atomic E-state index is 12.5. The fraction of sp³-hybridized carbons (Fsp3) is 0.500. The average molecular weight is 287 g/mol. The van der Waals surface area contributed by atoms with Crippen LogP contribution in [0.25, 0.3) is 5.65 Å². The van der Waals surface area contributed by atoms with Crippen LogP contribution >= 0.6 is 0 Å². The third kappa shape index (κ3) is 3.08. The van der Waals surface area contributed by atoms with Crippen molar-refractivity contribution in [1.82, 2.24) is 14.3 Å². The van der Waals surface area contributed by atoms with Gasteiger partial charge in [-0.2, -0.15) is 0 Å². The minimum Gasteiger partial charge on any atom is -0.394 e. The molecular weight excluding hydrogens is 266 g/mol. The molecule has 0 aromatic carbocycles. The molecule has 5 nitrogen and oxygen atoms in total. The van der Waals surface area contributed by atoms with Gasteiger partial charge in [0.15, 0.2) is 0 Å². The molecule has 1 unspecified atom stereocenters. The normalized spacial score (nSPS) is 19.7. The van der Waals surface area contributed by atoms with Crippen LogP contribution in [-0.4, -0.2) is 44.5 Å². The molecule has 0 saturated carbocycles. The summed E-state index contributed by atoms with van der Waals surface area (Å²) < 4.78 is 1.93. The van der Waals surface area contributed by atoms with Crippen LogP contribution in [-0.2, 0) is 11.2 Å². The largest absolute Gasteiger partial charge is 0.394 e. The Labute approximate surface area is 124 Å². The fourth-order valence-electron chi connectivity index (χ4n) is 3.02. The van der Waals surface area contributed by atoms with E-state index < -0.39 is 0 Å². The molecular formula is C16H21N3O2. The Kier molecular flexibility index (Phi) is 4.20. The van der Waals surface area contributed by atoms with Crippen molar-refractivity contribution in [3.8, 4) is 0 Å². The van der Waals surface area contributed by atoms with Gasteiger partial charge in [0.25, 0.3) is 0 Å². The number of carbonyl (C=O) groups is 1. The SMILES string of the molecule is O=C(Cc1cn2ccccc2n1)N1CCCCCC1CO. The molecule has 2 aromatic heterocycles. The van der Waals surface area contributed by atoms with Crippen LogP contribution < -0.4 is 0 Å². The summed E-state index contributed by atoms with van der Waals surface area (Å²) in [5, 5.41) is 9.50. The fourth-order valence-corrected chi connectivity index (χ4v) is 3.02. The molecule has 21 heavy (non-hydrogen) atoms. The number of nitrogens with zero attached hydrogens (tertiary/aromatic N) is 3. The summed E-state index contributed by atoms with van der Waals surface area (Å²) in [5.74, 6) is 0.0688. The van der Waals surface area contributed by atoms with Gasteiger partial charge in [-0.05, 0) is 25.0 Å². The zero-order chi connectivity index (χ0) is 14.7. The van der Waals surface area contributed by atoms with Gasteiger partial charge in [-0.25, -0.2) is 4.98 Å². The van der Waals surface area contributed by atoms with Crippen molar-refractivity contribution in [2.45, 2.75) is 38.1 Å². The van der Waals surface area contributed by atoms with Crippen molar-refractivity contribution in [2.75, 3.05) is 13.2 Å². The van der Waals surface area contributed by atoms with Crippen LogP contribution in [0.1, 0.15) is 31.4 Å². The number of aliphatic hydroxyl groups excluding tert-OH is 1. The number of hydrogen-bond acceptors (Lipinski definition) is 3. The third-order valence-corrected chi connectivity index (χ3v) is 4.15. The van der Waals surface area contributed by atoms with E-state index in [1.807, 2.05) is 39.9 Å². The Hall–Kier alpha value is -1.88. The average Bonchev–Trinajstić information content (AvgIpc) is 2.74. The van der Waals surface area contributed by atoms with E-state index in [1.165, 1.54) is 0 Å². The Morgan fingerprint density at radius 2 is 2.24 bits per heavy atom. The molecule has 112 valence electrons. The molecule has 3 rings (SSSR count). The number of likely N-dealkylation sites (tertiary alicyclic amines) is 1. The summed E-state index contributed by atoms with van der Waals surface area (Å²) in [4.78, 5) is 18.9. The molecule has 0 spiro atoms. The molecule has 1 N–H and O–H groups in total. The van der Waals surface area contributed by atoms with E-state index in [2.05, 4.69) is 4.98 Å². The van der Waals surface area contributed by atoms with E-state index in [9.17, 15) is 9.90 Å². The van der Waals surface area contributed by atoms with Gasteiger partial charge in [0.2, 0.25) is 5.91 Å². The second-order valence-electron chi connectivity index (χ2n) is 5.65. The molecule has 1 aliphatic heterocycles. The van der Waals surface area contributed by atoms with E-state index in [-0.39, 0.29) is 18.6 Å². The second kappa shape index (κ2) is 6.26. The van der Waals surface area contributed by atoms with Gasteiger partial charge in [-0.3, -0.25) is 4.79 Å². The van der Waals surface area contributed by atoms with E-state index in [4.69, 9.17) is 0 Å². The summed E-state index contributed by atoms with van der Waals surface area (Å²) >= 11 is 0. The smallest absolute Gasteiger partial charge is 0.228 e. The highest BCUT2D eigenvalue weighted by Crippen LogP contribution is 2.18. The number of aromatic nitrogens is 2. The van der Waals surface area contributed by atoms with Crippen LogP contribution in [0.4, 0.5) is 0 Å². The van der Waals surface area contributed by atoms with Crippen LogP contribution in [0.15, 0.2) is 30.6 Å². The molecule has 1 aliphatic rings. The van der Waals surface area contributed by atoms with Crippen molar-refractivity contribution in [1.29, 1.82) is 0 Å². The molecule has 0 aliphatic carbocycles. The molecule has 1 amide bonds. The Morgan fingerprint density at radius 1 is 1.33 bits per heavy atom. The topological polar surface area (TPSA) is 57.8 Å². The van der Waals surface area contributed by atoms with Gasteiger partial charge in [-0.15, -0.1) is 0 Å². The molecule has 5 heteroatoms. The summed E-state index contributed by atoms with van der Waals surface area (Å²) in [7, 11) is 0. The monoisotopic (exact) mass is 287 g/mol. The summed E-state index contributed by atoms with van der Waals surface area (Å²) in [6.07, 6.45) is 8.27. The maximum Gasteiger partial charge on any atom is 0.228 e. The van der Waals surface area contributed by atoms with Gasteiger partial charge in [-0.1, -0.05) is 18.9 Å². The van der Waals surface area contributed by atoms with E-state index in [1.54, 1.807) is 0 Å². The lowest BCUT2D eigenvalue weighted by molar-refractivity contribution is -0.133. The van der Waals surface area contributed by atoms with Gasteiger partial charge in [0.1, 0.15) is 5.65 Å². The highest BCUT2D eigenvalue weighted by molar-refractivity contribution is 5.79. The van der Waals surface area contributed by atoms with Crippen LogP contribution in [0, 0.1) is 0 Å². The Morgan fingerprint density at radius 3 is 3.05 bits per heavy atom. The second-order valence-corrected chi connectivity index (χ2v) is 5.65. The lowest BCUT2D eigenvalue weighted by Gasteiger charge is -2.28. The Balaban J connectivity index is 1.74. The molecule has 0 bridgehead atoms. The molecule has 3 heterocycles. The number of pyridine rings is 1. The number of aliphatic hydroxyl groups is 1. The first-order valence-electron chi connectivity index (χ1n) is 7.61. The minimum absolute atomic E-state index is 0.0305. The van der Waals surface area contributed by atoms with Gasteiger partial charge >= 0.3 is 0 Å². The maximum absolute atomic E-state index is 12.5. The van der Waals surface area contributed by atoms with Gasteiger partial charge < -0.3 is 14.4 Å². The quantitative estimate of drug-likeness (QED) is 0.933. The lowest BCUT2D eigenvalue weighted by Crippen LogP contribution is -2.42. The van der Waals surface area contributed by atoms with Crippen molar-refractivity contribution in [3.05, 3.63) is 36.3 Å². The van der Waals surface area contributed by atoms with Crippen LogP contribution in [0.2, 0.25) is 0 Å². The first kappa shape index (κ1) is 14.1. The van der Waals surface area contributed by atoms with E-state index >= 15 is 0 Å². The van der Waals surface area contributed by atoms with Crippen molar-refractivity contribution in [3.63, 3.8) is 0 Å². The zero-order valence-electron chi connectivity index (χ0n) is 12.1. The van der Waals surface area contributed by atoms with Gasteiger partial charge in [0, 0.05) is 18.9 Å². The van der Waals surface area contributed by atoms with Crippen LogP contribution in [0.3, 0.4) is 0 Å². The number of rotatable bonds is 3. The summed E-state index contributed by atoms with van der Waals surface area (Å²) in [6, 6.07) is 5.77. The number of amides is 1. The first-order chi connectivity index (χ1) is 10.3. The standard InChI is InChI=1S/C16H21N3O2/c20-12-14-6-2-1-4-9-19(14)16(21)10-13-11-18-8-5-3-7-15(18)17-13/h3,5,7-8,11,14,20H,1-2,4,6,9-10,12H2. The highest BCUT2D eigenvalue weighted by Gasteiger charge is 2.25. The van der Waals surface area contributed by atoms with Crippen molar-refractivity contribution < 1.29 is 9.90 Å². The van der Waals surface area contributed by atoms with Crippen LogP contribution in [0.5, 0.6) is 0 Å².